The van der Waals surface area contributed by atoms with Crippen LogP contribution < -0.4 is 5.32 Å². The molecule has 0 radical (unpaired) electrons. The van der Waals surface area contributed by atoms with E-state index >= 15 is 0 Å². The molecule has 4 heteroatoms. The quantitative estimate of drug-likeness (QED) is 0.803. The molecule has 0 aliphatic carbocycles. The summed E-state index contributed by atoms with van der Waals surface area (Å²) in [6.07, 6.45) is 0. The molecule has 0 saturated carbocycles. The zero-order valence-electron chi connectivity index (χ0n) is 8.74. The number of nitrogens with one attached hydrogen (secondary N) is 1. The minimum atomic E-state index is 0.622. The van der Waals surface area contributed by atoms with Crippen molar-refractivity contribution in [2.75, 3.05) is 5.32 Å². The predicted octanol–water partition coefficient (Wildman–Crippen LogP) is 4.56. The third kappa shape index (κ3) is 3.11. The maximum absolute atomic E-state index is 8.81. The van der Waals surface area contributed by atoms with Gasteiger partial charge in [0.15, 0.2) is 0 Å². The standard InChI is InChI=1S/C13H8ClIN2/c14-12-7-10(15)4-5-13(12)17-11-3-1-2-9(6-11)8-16/h1-7,17H. The van der Waals surface area contributed by atoms with Crippen LogP contribution in [0.3, 0.4) is 0 Å². The Kier molecular flexibility index (Phi) is 3.87. The Labute approximate surface area is 118 Å². The second kappa shape index (κ2) is 5.39. The Balaban J connectivity index is 2.28. The lowest BCUT2D eigenvalue weighted by Crippen LogP contribution is -1.92. The Morgan fingerprint density at radius 3 is 2.71 bits per heavy atom. The zero-order chi connectivity index (χ0) is 12.3. The van der Waals surface area contributed by atoms with Crippen LogP contribution in [0.5, 0.6) is 0 Å². The molecule has 2 rings (SSSR count). The highest BCUT2D eigenvalue weighted by Crippen LogP contribution is 2.27. The van der Waals surface area contributed by atoms with Crippen molar-refractivity contribution in [2.45, 2.75) is 0 Å². The Morgan fingerprint density at radius 2 is 2.00 bits per heavy atom. The minimum Gasteiger partial charge on any atom is -0.354 e. The van der Waals surface area contributed by atoms with Crippen molar-refractivity contribution in [1.29, 1.82) is 5.26 Å². The normalized spacial score (nSPS) is 9.71. The average molecular weight is 355 g/mol. The van der Waals surface area contributed by atoms with Crippen molar-refractivity contribution in [2.24, 2.45) is 0 Å². The van der Waals surface area contributed by atoms with Gasteiger partial charge in [-0.15, -0.1) is 0 Å². The highest BCUT2D eigenvalue weighted by atomic mass is 127. The predicted molar refractivity (Wildman–Crippen MR) is 78.6 cm³/mol. The summed E-state index contributed by atoms with van der Waals surface area (Å²) in [6, 6.07) is 15.2. The van der Waals surface area contributed by atoms with Crippen molar-refractivity contribution in [3.8, 4) is 6.07 Å². The molecule has 0 amide bonds. The van der Waals surface area contributed by atoms with Gasteiger partial charge in [-0.05, 0) is 59.0 Å². The third-order valence-electron chi connectivity index (χ3n) is 2.20. The number of halogens is 2. The maximum atomic E-state index is 8.81. The van der Waals surface area contributed by atoms with Crippen molar-refractivity contribution in [3.63, 3.8) is 0 Å². The van der Waals surface area contributed by atoms with E-state index in [1.807, 2.05) is 30.3 Å². The van der Waals surface area contributed by atoms with E-state index in [0.717, 1.165) is 14.9 Å². The van der Waals surface area contributed by atoms with Gasteiger partial charge in [-0.2, -0.15) is 5.26 Å². The first kappa shape index (κ1) is 12.2. The number of rotatable bonds is 2. The number of nitriles is 1. The summed E-state index contributed by atoms with van der Waals surface area (Å²) in [5, 5.41) is 12.7. The Morgan fingerprint density at radius 1 is 1.18 bits per heavy atom. The molecular weight excluding hydrogens is 347 g/mol. The molecule has 17 heavy (non-hydrogen) atoms. The van der Waals surface area contributed by atoms with E-state index in [1.165, 1.54) is 0 Å². The number of hydrogen-bond acceptors (Lipinski definition) is 2. The van der Waals surface area contributed by atoms with E-state index in [0.29, 0.717) is 10.6 Å². The van der Waals surface area contributed by atoms with Gasteiger partial charge >= 0.3 is 0 Å². The topological polar surface area (TPSA) is 35.8 Å². The highest BCUT2D eigenvalue weighted by Gasteiger charge is 2.01. The van der Waals surface area contributed by atoms with E-state index < -0.39 is 0 Å². The SMILES string of the molecule is N#Cc1cccc(Nc2ccc(I)cc2Cl)c1. The number of hydrogen-bond donors (Lipinski definition) is 1. The molecule has 84 valence electrons. The summed E-state index contributed by atoms with van der Waals surface area (Å²) in [5.41, 5.74) is 2.31. The van der Waals surface area contributed by atoms with Gasteiger partial charge in [-0.25, -0.2) is 0 Å². The highest BCUT2D eigenvalue weighted by molar-refractivity contribution is 14.1. The first-order valence-electron chi connectivity index (χ1n) is 4.91. The van der Waals surface area contributed by atoms with Crippen LogP contribution in [0, 0.1) is 14.9 Å². The van der Waals surface area contributed by atoms with Crippen molar-refractivity contribution < 1.29 is 0 Å². The van der Waals surface area contributed by atoms with Crippen LogP contribution in [0.4, 0.5) is 11.4 Å². The molecule has 2 aromatic carbocycles. The number of nitrogens with zero attached hydrogens (tertiary/aromatic N) is 1. The van der Waals surface area contributed by atoms with Gasteiger partial charge in [0, 0.05) is 9.26 Å². The van der Waals surface area contributed by atoms with Crippen molar-refractivity contribution in [1.82, 2.24) is 0 Å². The molecule has 0 atom stereocenters. The van der Waals surface area contributed by atoms with Crippen molar-refractivity contribution >= 4 is 45.6 Å². The maximum Gasteiger partial charge on any atom is 0.0992 e. The smallest absolute Gasteiger partial charge is 0.0992 e. The van der Waals surface area contributed by atoms with Gasteiger partial charge in [0.25, 0.3) is 0 Å². The lowest BCUT2D eigenvalue weighted by atomic mass is 10.2. The van der Waals surface area contributed by atoms with Crippen LogP contribution in [0.25, 0.3) is 0 Å². The summed E-state index contributed by atoms with van der Waals surface area (Å²) in [4.78, 5) is 0. The first-order valence-corrected chi connectivity index (χ1v) is 6.37. The molecule has 0 heterocycles. The lowest BCUT2D eigenvalue weighted by molar-refractivity contribution is 1.47. The minimum absolute atomic E-state index is 0.622. The molecular formula is C13H8ClIN2. The largest absolute Gasteiger partial charge is 0.354 e. The molecule has 2 nitrogen and oxygen atoms in total. The fourth-order valence-electron chi connectivity index (χ4n) is 1.41. The summed E-state index contributed by atoms with van der Waals surface area (Å²) in [7, 11) is 0. The van der Waals surface area contributed by atoms with Gasteiger partial charge in [0.2, 0.25) is 0 Å². The monoisotopic (exact) mass is 354 g/mol. The fraction of sp³-hybridized carbons (Fsp3) is 0. The van der Waals surface area contributed by atoms with E-state index in [9.17, 15) is 0 Å². The molecule has 1 N–H and O–H groups in total. The van der Waals surface area contributed by atoms with Crippen LogP contribution in [-0.4, -0.2) is 0 Å². The molecule has 0 aliphatic rings. The van der Waals surface area contributed by atoms with Gasteiger partial charge < -0.3 is 5.32 Å². The Bertz CT molecular complexity index is 590. The van der Waals surface area contributed by atoms with E-state index in [-0.39, 0.29) is 0 Å². The zero-order valence-corrected chi connectivity index (χ0v) is 11.7. The van der Waals surface area contributed by atoms with Crippen LogP contribution in [0.2, 0.25) is 5.02 Å². The number of anilines is 2. The second-order valence-corrected chi connectivity index (χ2v) is 5.09. The van der Waals surface area contributed by atoms with Gasteiger partial charge in [-0.3, -0.25) is 0 Å². The van der Waals surface area contributed by atoms with Crippen molar-refractivity contribution in [3.05, 3.63) is 56.6 Å². The summed E-state index contributed by atoms with van der Waals surface area (Å²) >= 11 is 8.33. The first-order chi connectivity index (χ1) is 8.19. The van der Waals surface area contributed by atoms with Crippen LogP contribution in [0.1, 0.15) is 5.56 Å². The fourth-order valence-corrected chi connectivity index (χ4v) is 2.32. The second-order valence-electron chi connectivity index (χ2n) is 3.44. The van der Waals surface area contributed by atoms with Gasteiger partial charge in [-0.1, -0.05) is 17.7 Å². The van der Waals surface area contributed by atoms with Gasteiger partial charge in [0.1, 0.15) is 0 Å². The molecule has 2 aromatic rings. The van der Waals surface area contributed by atoms with Crippen LogP contribution >= 0.6 is 34.2 Å². The van der Waals surface area contributed by atoms with E-state index in [2.05, 4.69) is 34.0 Å². The summed E-state index contributed by atoms with van der Waals surface area (Å²) < 4.78 is 1.09. The van der Waals surface area contributed by atoms with E-state index in [1.54, 1.807) is 12.1 Å². The van der Waals surface area contributed by atoms with Gasteiger partial charge in [0.05, 0.1) is 22.3 Å². The van der Waals surface area contributed by atoms with Crippen LogP contribution in [-0.2, 0) is 0 Å². The molecule has 0 unspecified atom stereocenters. The molecule has 0 aromatic heterocycles. The molecule has 0 bridgehead atoms. The van der Waals surface area contributed by atoms with Crippen LogP contribution in [0.15, 0.2) is 42.5 Å². The Hall–Kier alpha value is -1.25. The molecule has 0 saturated heterocycles. The summed E-state index contributed by atoms with van der Waals surface area (Å²) in [6.45, 7) is 0. The van der Waals surface area contributed by atoms with E-state index in [4.69, 9.17) is 16.9 Å². The third-order valence-corrected chi connectivity index (χ3v) is 3.19. The molecule has 0 aliphatic heterocycles. The summed E-state index contributed by atoms with van der Waals surface area (Å²) in [5.74, 6) is 0. The molecule has 0 spiro atoms. The molecule has 0 fully saturated rings. The average Bonchev–Trinajstić information content (AvgIpc) is 2.33. The lowest BCUT2D eigenvalue weighted by Gasteiger charge is -2.08. The number of benzene rings is 2.